The summed E-state index contributed by atoms with van der Waals surface area (Å²) in [6, 6.07) is 8.22. The van der Waals surface area contributed by atoms with Crippen molar-refractivity contribution in [2.24, 2.45) is 11.8 Å². The molecule has 2 nitrogen and oxygen atoms in total. The number of hydrogen-bond donors (Lipinski definition) is 1. The molecule has 1 amide bonds. The first kappa shape index (κ1) is 17.5. The van der Waals surface area contributed by atoms with E-state index in [1.807, 2.05) is 12.1 Å². The zero-order valence-electron chi connectivity index (χ0n) is 13.6. The summed E-state index contributed by atoms with van der Waals surface area (Å²) in [6.45, 7) is 2.25. The lowest BCUT2D eigenvalue weighted by Gasteiger charge is -2.27. The third kappa shape index (κ3) is 5.42. The molecule has 1 N–H and O–H groups in total. The fourth-order valence-electron chi connectivity index (χ4n) is 3.31. The molecule has 1 fully saturated rings. The Hall–Kier alpha value is -0.830. The van der Waals surface area contributed by atoms with Crippen molar-refractivity contribution in [3.8, 4) is 0 Å². The minimum absolute atomic E-state index is 0.208. The Balaban J connectivity index is 1.78. The highest BCUT2D eigenvalue weighted by atomic mass is 79.9. The van der Waals surface area contributed by atoms with Gasteiger partial charge in [-0.15, -0.1) is 0 Å². The van der Waals surface area contributed by atoms with E-state index in [1.165, 1.54) is 37.7 Å². The van der Waals surface area contributed by atoms with Crippen molar-refractivity contribution in [2.45, 2.75) is 58.3 Å². The van der Waals surface area contributed by atoms with Crippen molar-refractivity contribution in [1.29, 1.82) is 0 Å². The molecular formula is C19H28BrNO. The van der Waals surface area contributed by atoms with E-state index in [9.17, 15) is 4.79 Å². The number of aryl methyl sites for hydroxylation is 1. The number of unbranched alkanes of at least 4 members (excludes halogenated alkanes) is 1. The molecule has 1 aliphatic carbocycles. The van der Waals surface area contributed by atoms with Gasteiger partial charge in [-0.2, -0.15) is 0 Å². The van der Waals surface area contributed by atoms with Gasteiger partial charge in [-0.05, 0) is 55.7 Å². The Morgan fingerprint density at radius 3 is 2.45 bits per heavy atom. The molecule has 0 radical (unpaired) electrons. The van der Waals surface area contributed by atoms with Gasteiger partial charge in [0.05, 0.1) is 0 Å². The van der Waals surface area contributed by atoms with Gasteiger partial charge < -0.3 is 5.32 Å². The smallest absolute Gasteiger partial charge is 0.227 e. The number of alkyl halides is 1. The lowest BCUT2D eigenvalue weighted by atomic mass is 9.79. The normalized spacial score (nSPS) is 21.5. The van der Waals surface area contributed by atoms with Crippen molar-refractivity contribution in [2.75, 3.05) is 10.6 Å². The van der Waals surface area contributed by atoms with E-state index in [0.717, 1.165) is 36.2 Å². The van der Waals surface area contributed by atoms with Crippen LogP contribution in [0.2, 0.25) is 0 Å². The zero-order valence-corrected chi connectivity index (χ0v) is 15.2. The summed E-state index contributed by atoms with van der Waals surface area (Å²) in [7, 11) is 0. The van der Waals surface area contributed by atoms with E-state index in [4.69, 9.17) is 0 Å². The molecule has 1 aromatic rings. The Labute approximate surface area is 143 Å². The van der Waals surface area contributed by atoms with Crippen LogP contribution in [0.15, 0.2) is 24.3 Å². The van der Waals surface area contributed by atoms with Crippen LogP contribution in [0.3, 0.4) is 0 Å². The monoisotopic (exact) mass is 365 g/mol. The second-order valence-corrected chi connectivity index (χ2v) is 7.28. The van der Waals surface area contributed by atoms with E-state index in [-0.39, 0.29) is 11.8 Å². The first-order chi connectivity index (χ1) is 10.7. The standard InChI is InChI=1S/C19H28BrNO/c1-2-3-4-15-5-9-17(10-6-15)19(22)21-18-11-7-16(8-12-18)13-14-20/h7-8,11-12,15,17H,2-6,9-10,13-14H2,1H3,(H,21,22). The summed E-state index contributed by atoms with van der Waals surface area (Å²) in [5.41, 5.74) is 2.22. The number of hydrogen-bond acceptors (Lipinski definition) is 1. The maximum Gasteiger partial charge on any atom is 0.227 e. The number of halogens is 1. The van der Waals surface area contributed by atoms with Gasteiger partial charge in [0.2, 0.25) is 5.91 Å². The predicted molar refractivity (Wildman–Crippen MR) is 97.5 cm³/mol. The minimum atomic E-state index is 0.208. The van der Waals surface area contributed by atoms with E-state index >= 15 is 0 Å². The lowest BCUT2D eigenvalue weighted by molar-refractivity contribution is -0.121. The highest BCUT2D eigenvalue weighted by molar-refractivity contribution is 9.09. The number of carbonyl (C=O) groups excluding carboxylic acids is 1. The summed E-state index contributed by atoms with van der Waals surface area (Å²) in [6.07, 6.45) is 9.55. The van der Waals surface area contributed by atoms with Gasteiger partial charge in [0.1, 0.15) is 0 Å². The first-order valence-corrected chi connectivity index (χ1v) is 9.80. The molecule has 22 heavy (non-hydrogen) atoms. The Bertz CT molecular complexity index is 449. The molecule has 0 bridgehead atoms. The molecule has 0 saturated heterocycles. The maximum absolute atomic E-state index is 12.4. The van der Waals surface area contributed by atoms with Gasteiger partial charge >= 0.3 is 0 Å². The lowest BCUT2D eigenvalue weighted by Crippen LogP contribution is -2.27. The van der Waals surface area contributed by atoms with Crippen molar-refractivity contribution in [3.05, 3.63) is 29.8 Å². The largest absolute Gasteiger partial charge is 0.326 e. The first-order valence-electron chi connectivity index (χ1n) is 8.68. The SMILES string of the molecule is CCCCC1CCC(C(=O)Nc2ccc(CCBr)cc2)CC1. The number of nitrogens with one attached hydrogen (secondary N) is 1. The Kier molecular flexibility index (Phi) is 7.44. The van der Waals surface area contributed by atoms with Crippen LogP contribution in [-0.4, -0.2) is 11.2 Å². The maximum atomic E-state index is 12.4. The Morgan fingerprint density at radius 1 is 1.18 bits per heavy atom. The van der Waals surface area contributed by atoms with Gasteiger partial charge in [0, 0.05) is 16.9 Å². The summed E-state index contributed by atoms with van der Waals surface area (Å²) in [5.74, 6) is 1.27. The van der Waals surface area contributed by atoms with Crippen LogP contribution >= 0.6 is 15.9 Å². The van der Waals surface area contributed by atoms with Crippen molar-refractivity contribution < 1.29 is 4.79 Å². The van der Waals surface area contributed by atoms with E-state index < -0.39 is 0 Å². The van der Waals surface area contributed by atoms with E-state index in [1.54, 1.807) is 0 Å². The summed E-state index contributed by atoms with van der Waals surface area (Å²) >= 11 is 3.45. The average Bonchev–Trinajstić information content (AvgIpc) is 2.55. The molecule has 122 valence electrons. The number of benzene rings is 1. The number of anilines is 1. The van der Waals surface area contributed by atoms with Gasteiger partial charge in [-0.25, -0.2) is 0 Å². The van der Waals surface area contributed by atoms with Crippen LogP contribution < -0.4 is 5.32 Å². The summed E-state index contributed by atoms with van der Waals surface area (Å²) < 4.78 is 0. The topological polar surface area (TPSA) is 29.1 Å². The minimum Gasteiger partial charge on any atom is -0.326 e. The molecule has 2 rings (SSSR count). The summed E-state index contributed by atoms with van der Waals surface area (Å²) in [4.78, 5) is 12.4. The number of carbonyl (C=O) groups is 1. The third-order valence-electron chi connectivity index (χ3n) is 4.79. The van der Waals surface area contributed by atoms with Gasteiger partial charge in [0.25, 0.3) is 0 Å². The Morgan fingerprint density at radius 2 is 1.86 bits per heavy atom. The average molecular weight is 366 g/mol. The fourth-order valence-corrected chi connectivity index (χ4v) is 3.77. The highest BCUT2D eigenvalue weighted by Gasteiger charge is 2.25. The molecule has 0 heterocycles. The molecular weight excluding hydrogens is 338 g/mol. The quantitative estimate of drug-likeness (QED) is 0.629. The molecule has 0 aromatic heterocycles. The zero-order chi connectivity index (χ0) is 15.8. The van der Waals surface area contributed by atoms with Crippen molar-refractivity contribution in [3.63, 3.8) is 0 Å². The van der Waals surface area contributed by atoms with Crippen molar-refractivity contribution >= 4 is 27.5 Å². The van der Waals surface area contributed by atoms with Crippen LogP contribution in [0.25, 0.3) is 0 Å². The molecule has 3 heteroatoms. The van der Waals surface area contributed by atoms with Gasteiger partial charge in [0.15, 0.2) is 0 Å². The van der Waals surface area contributed by atoms with Crippen LogP contribution in [0.5, 0.6) is 0 Å². The van der Waals surface area contributed by atoms with Crippen molar-refractivity contribution in [1.82, 2.24) is 0 Å². The predicted octanol–water partition coefficient (Wildman–Crippen LogP) is 5.56. The molecule has 1 aliphatic rings. The van der Waals surface area contributed by atoms with Crippen LogP contribution in [0.1, 0.15) is 57.4 Å². The fraction of sp³-hybridized carbons (Fsp3) is 0.632. The van der Waals surface area contributed by atoms with E-state index in [0.29, 0.717) is 0 Å². The second kappa shape index (κ2) is 9.34. The number of rotatable bonds is 7. The molecule has 0 aliphatic heterocycles. The molecule has 0 spiro atoms. The highest BCUT2D eigenvalue weighted by Crippen LogP contribution is 2.32. The van der Waals surface area contributed by atoms with Crippen LogP contribution in [0.4, 0.5) is 5.69 Å². The van der Waals surface area contributed by atoms with Gasteiger partial charge in [-0.1, -0.05) is 54.2 Å². The molecule has 0 atom stereocenters. The van der Waals surface area contributed by atoms with Crippen LogP contribution in [0, 0.1) is 11.8 Å². The molecule has 0 unspecified atom stereocenters. The van der Waals surface area contributed by atoms with Gasteiger partial charge in [-0.3, -0.25) is 4.79 Å². The third-order valence-corrected chi connectivity index (χ3v) is 5.18. The molecule has 1 saturated carbocycles. The summed E-state index contributed by atoms with van der Waals surface area (Å²) in [5, 5.41) is 4.06. The second-order valence-electron chi connectivity index (χ2n) is 6.49. The number of amides is 1. The van der Waals surface area contributed by atoms with Crippen LogP contribution in [-0.2, 0) is 11.2 Å². The van der Waals surface area contributed by atoms with E-state index in [2.05, 4.69) is 40.3 Å². The molecule has 1 aromatic carbocycles.